The maximum atomic E-state index is 12.2. The minimum absolute atomic E-state index is 0.0415. The zero-order valence-corrected chi connectivity index (χ0v) is 25.7. The molecule has 21 heteroatoms. The van der Waals surface area contributed by atoms with E-state index in [9.17, 15) is 34.2 Å². The summed E-state index contributed by atoms with van der Waals surface area (Å²) in [5.41, 5.74) is 6.52. The van der Waals surface area contributed by atoms with Gasteiger partial charge in [-0.25, -0.2) is 19.1 Å². The lowest BCUT2D eigenvalue weighted by Gasteiger charge is -2.39. The van der Waals surface area contributed by atoms with E-state index in [0.717, 1.165) is 0 Å². The van der Waals surface area contributed by atoms with Crippen LogP contribution in [-0.2, 0) is 32.0 Å². The molecule has 2 aromatic rings. The summed E-state index contributed by atoms with van der Waals surface area (Å²) in [4.78, 5) is 34.2. The topological polar surface area (TPSA) is 275 Å². The van der Waals surface area contributed by atoms with Crippen molar-refractivity contribution >= 4 is 32.8 Å². The fourth-order valence-electron chi connectivity index (χ4n) is 4.37. The van der Waals surface area contributed by atoms with Gasteiger partial charge in [-0.15, -0.1) is 0 Å². The van der Waals surface area contributed by atoms with Crippen molar-refractivity contribution in [2.45, 2.75) is 76.7 Å². The van der Waals surface area contributed by atoms with E-state index in [4.69, 9.17) is 24.8 Å². The quantitative estimate of drug-likeness (QED) is 0.141. The first kappa shape index (κ1) is 35.8. The van der Waals surface area contributed by atoms with Gasteiger partial charge in [0.15, 0.2) is 11.9 Å². The van der Waals surface area contributed by atoms with Crippen molar-refractivity contribution in [3.8, 4) is 0 Å². The number of aliphatic hydroxyl groups excluding tert-OH is 4. The number of phosphoric acid groups is 2. The Bertz CT molecular complexity index is 1260. The number of nitrogens with two attached hydrogens (primary N) is 1. The third-order valence-corrected chi connectivity index (χ3v) is 9.39. The third kappa shape index (κ3) is 9.66. The van der Waals surface area contributed by atoms with E-state index in [0.29, 0.717) is 24.0 Å². The van der Waals surface area contributed by atoms with Gasteiger partial charge >= 0.3 is 15.6 Å². The number of hydrogen-bond donors (Lipinski definition) is 7. The van der Waals surface area contributed by atoms with E-state index in [1.807, 2.05) is 0 Å². The summed E-state index contributed by atoms with van der Waals surface area (Å²) < 4.78 is 50.3. The average Bonchev–Trinajstić information content (AvgIpc) is 3.59. The first-order valence-electron chi connectivity index (χ1n) is 13.6. The zero-order valence-electron chi connectivity index (χ0n) is 23.9. The molecule has 0 amide bonds. The van der Waals surface area contributed by atoms with E-state index in [1.54, 1.807) is 4.57 Å². The van der Waals surface area contributed by atoms with E-state index >= 15 is 0 Å². The maximum absolute atomic E-state index is 12.2. The molecule has 2 unspecified atom stereocenters. The molecule has 2 aromatic heterocycles. The minimum atomic E-state index is -5.42. The van der Waals surface area contributed by atoms with Crippen LogP contribution in [-0.4, -0.2) is 124 Å². The number of imidazole rings is 1. The third-order valence-electron chi connectivity index (χ3n) is 6.79. The second-order valence-electron chi connectivity index (χ2n) is 9.62. The van der Waals surface area contributed by atoms with Crippen LogP contribution < -0.4 is 5.73 Å². The maximum Gasteiger partial charge on any atom is 0.483 e. The normalized spacial score (nSPS) is 30.5. The van der Waals surface area contributed by atoms with Crippen LogP contribution in [0.1, 0.15) is 39.8 Å². The van der Waals surface area contributed by atoms with Gasteiger partial charge in [0, 0.05) is 0 Å². The van der Waals surface area contributed by atoms with Crippen LogP contribution in [0.5, 0.6) is 0 Å². The zero-order chi connectivity index (χ0) is 31.9. The first-order chi connectivity index (χ1) is 20.2. The molecule has 0 spiro atoms. The van der Waals surface area contributed by atoms with Crippen LogP contribution in [0, 0.1) is 0 Å². The van der Waals surface area contributed by atoms with Gasteiger partial charge in [-0.1, -0.05) is 20.8 Å². The number of hydrogen-bond acceptors (Lipinski definition) is 16. The minimum Gasteiger partial charge on any atom is -0.394 e. The van der Waals surface area contributed by atoms with E-state index in [-0.39, 0.29) is 5.95 Å². The molecule has 0 bridgehead atoms. The highest BCUT2D eigenvalue weighted by molar-refractivity contribution is 7.61. The highest BCUT2D eigenvalue weighted by atomic mass is 31.3. The number of phosphoric ester groups is 2. The van der Waals surface area contributed by atoms with Crippen molar-refractivity contribution in [1.82, 2.24) is 24.4 Å². The fraction of sp³-hybridized carbons (Fsp3) is 0.773. The highest BCUT2D eigenvalue weighted by Crippen LogP contribution is 2.61. The molecule has 2 saturated heterocycles. The van der Waals surface area contributed by atoms with Gasteiger partial charge in [-0.2, -0.15) is 9.29 Å². The summed E-state index contributed by atoms with van der Waals surface area (Å²) in [6.07, 6.45) is -6.75. The van der Waals surface area contributed by atoms with Crippen LogP contribution in [0.15, 0.2) is 12.5 Å². The Morgan fingerprint density at radius 3 is 2.30 bits per heavy atom. The van der Waals surface area contributed by atoms with E-state index in [1.165, 1.54) is 32.2 Å². The Hall–Kier alpha value is -1.67. The molecular formula is C22H40N6O13P2. The summed E-state index contributed by atoms with van der Waals surface area (Å²) in [5.74, 6) is 0.0415. The van der Waals surface area contributed by atoms with Gasteiger partial charge < -0.3 is 50.3 Å². The number of ether oxygens (including phenoxy) is 2. The molecule has 0 aliphatic carbocycles. The monoisotopic (exact) mass is 658 g/mol. The Morgan fingerprint density at radius 2 is 1.70 bits per heavy atom. The average molecular weight is 659 g/mol. The summed E-state index contributed by atoms with van der Waals surface area (Å²) in [6.45, 7) is 8.79. The molecule has 0 radical (unpaired) electrons. The number of fused-ring (bicyclic) bond motifs is 1. The molecule has 4 rings (SSSR count). The molecule has 19 nitrogen and oxygen atoms in total. The highest BCUT2D eigenvalue weighted by Gasteiger charge is 2.48. The number of rotatable bonds is 12. The molecule has 9 atom stereocenters. The molecule has 246 valence electrons. The van der Waals surface area contributed by atoms with Crippen molar-refractivity contribution in [1.29, 1.82) is 0 Å². The molecule has 0 aromatic carbocycles. The van der Waals surface area contributed by atoms with Crippen molar-refractivity contribution in [2.24, 2.45) is 0 Å². The van der Waals surface area contributed by atoms with Gasteiger partial charge in [0.05, 0.1) is 31.8 Å². The van der Waals surface area contributed by atoms with Gasteiger partial charge in [0.1, 0.15) is 36.2 Å². The Labute approximate surface area is 247 Å². The first-order valence-corrected chi connectivity index (χ1v) is 16.6. The van der Waals surface area contributed by atoms with Crippen LogP contribution in [0.2, 0.25) is 0 Å². The lowest BCUT2D eigenvalue weighted by Crippen LogP contribution is -2.58. The van der Waals surface area contributed by atoms with Crippen molar-refractivity contribution < 1.29 is 62.2 Å². The molecule has 2 aliphatic rings. The largest absolute Gasteiger partial charge is 0.483 e. The van der Waals surface area contributed by atoms with Gasteiger partial charge in [0.2, 0.25) is 5.95 Å². The Morgan fingerprint density at radius 1 is 1.02 bits per heavy atom. The van der Waals surface area contributed by atoms with Gasteiger partial charge in [-0.05, 0) is 32.5 Å². The molecule has 4 heterocycles. The number of aliphatic hydroxyl groups is 4. The number of anilines is 1. The standard InChI is InChI=1S/C16H25N5O13P2.C6H15N/c17-16-18-3-8-14(20-16)21(6-19-8)10-2-1-7(31-10)5-30-35(26,27)34-36(28,29)33-15-13(25)12(24)11(23)9(4-22)32-15;1-4-7(5-2)6-3/h3,6-7,9-13,15,22-25H,1-2,4-5H2,(H,26,27)(H,28,29)(H2,17,18,20);4-6H2,1-3H3/t7-,9+,10+,11+,12-,13+,15-;/m0./s1. The Kier molecular flexibility index (Phi) is 13.0. The lowest BCUT2D eigenvalue weighted by atomic mass is 10.00. The smallest absolute Gasteiger partial charge is 0.394 e. The number of aromatic nitrogens is 4. The molecule has 2 aliphatic heterocycles. The number of nitrogens with zero attached hydrogens (tertiary/aromatic N) is 5. The van der Waals surface area contributed by atoms with Crippen LogP contribution in [0.4, 0.5) is 5.95 Å². The number of nitrogen functional groups attached to an aromatic ring is 1. The summed E-state index contributed by atoms with van der Waals surface area (Å²) in [5, 5.41) is 38.5. The molecule has 0 saturated carbocycles. The second kappa shape index (κ2) is 15.6. The van der Waals surface area contributed by atoms with Crippen LogP contribution in [0.25, 0.3) is 11.2 Å². The van der Waals surface area contributed by atoms with Crippen LogP contribution in [0.3, 0.4) is 0 Å². The van der Waals surface area contributed by atoms with Crippen LogP contribution >= 0.6 is 15.6 Å². The van der Waals surface area contributed by atoms with Gasteiger partial charge in [0.25, 0.3) is 0 Å². The van der Waals surface area contributed by atoms with Crippen molar-refractivity contribution in [3.05, 3.63) is 12.5 Å². The SMILES string of the molecule is CCN(CC)CC.Nc1ncc2ncn([C@H]3CC[C@@H](COP(=O)(O)OP(=O)(O)O[C@@H]4O[C@H](CO)[C@@H](O)[C@H](O)[C@H]4O)O3)c2n1. The van der Waals surface area contributed by atoms with Crippen molar-refractivity contribution in [2.75, 3.05) is 38.6 Å². The Balaban J connectivity index is 0.000000646. The summed E-state index contributed by atoms with van der Waals surface area (Å²) >= 11 is 0. The predicted octanol–water partition coefficient (Wildman–Crippen LogP) is -0.515. The summed E-state index contributed by atoms with van der Waals surface area (Å²) in [7, 11) is -10.6. The van der Waals surface area contributed by atoms with Gasteiger partial charge in [-0.3, -0.25) is 13.6 Å². The molecular weight excluding hydrogens is 618 g/mol. The molecule has 2 fully saturated rings. The van der Waals surface area contributed by atoms with E-state index in [2.05, 4.69) is 49.5 Å². The summed E-state index contributed by atoms with van der Waals surface area (Å²) in [6, 6.07) is 0. The van der Waals surface area contributed by atoms with E-state index < -0.39 is 71.9 Å². The lowest BCUT2D eigenvalue weighted by molar-refractivity contribution is -0.280. The second-order valence-corrected chi connectivity index (χ2v) is 12.6. The fourth-order valence-corrected chi connectivity index (χ4v) is 6.55. The molecule has 8 N–H and O–H groups in total. The predicted molar refractivity (Wildman–Crippen MR) is 148 cm³/mol. The van der Waals surface area contributed by atoms with Crippen molar-refractivity contribution in [3.63, 3.8) is 0 Å². The molecule has 43 heavy (non-hydrogen) atoms.